The van der Waals surface area contributed by atoms with E-state index in [0.717, 1.165) is 34.2 Å². The SMILES string of the molecule is Cc1ccc(C2=NN(C3=NC(=O)C(CC(=O)NC(C)C(=O)O)S3)C(c3ccc(O)cc3)C2)cc1. The van der Waals surface area contributed by atoms with Crippen molar-refractivity contribution >= 4 is 40.4 Å². The fourth-order valence-electron chi connectivity index (χ4n) is 3.70. The molecule has 2 aromatic carbocycles. The molecular formula is C24H24N4O5S. The van der Waals surface area contributed by atoms with Crippen molar-refractivity contribution in [2.75, 3.05) is 0 Å². The number of nitrogens with zero attached hydrogens (tertiary/aromatic N) is 3. The zero-order valence-electron chi connectivity index (χ0n) is 18.6. The lowest BCUT2D eigenvalue weighted by Crippen LogP contribution is -2.39. The minimum atomic E-state index is -1.15. The molecule has 0 aromatic heterocycles. The highest BCUT2D eigenvalue weighted by molar-refractivity contribution is 8.15. The highest BCUT2D eigenvalue weighted by atomic mass is 32.2. The predicted octanol–water partition coefficient (Wildman–Crippen LogP) is 2.83. The second-order valence-electron chi connectivity index (χ2n) is 8.24. The number of phenolic OH excluding ortho intramolecular Hbond substituents is 1. The van der Waals surface area contributed by atoms with Gasteiger partial charge in [0.05, 0.1) is 11.8 Å². The van der Waals surface area contributed by atoms with Crippen molar-refractivity contribution in [2.45, 2.75) is 44.0 Å². The summed E-state index contributed by atoms with van der Waals surface area (Å²) in [6.45, 7) is 3.37. The molecule has 2 aromatic rings. The van der Waals surface area contributed by atoms with Crippen LogP contribution in [-0.4, -0.2) is 55.2 Å². The first-order valence-electron chi connectivity index (χ1n) is 10.8. The molecule has 9 nitrogen and oxygen atoms in total. The molecule has 0 aliphatic carbocycles. The molecule has 34 heavy (non-hydrogen) atoms. The van der Waals surface area contributed by atoms with Crippen molar-refractivity contribution in [3.8, 4) is 5.75 Å². The standard InChI is InChI=1S/C24H24N4O5S/c1-13-3-5-15(6-4-13)18-11-19(16-7-9-17(29)10-8-16)28(27-18)24-26-22(31)20(34-24)12-21(30)25-14(2)23(32)33/h3-10,14,19-20,29H,11-12H2,1-2H3,(H,25,30)(H,32,33). The van der Waals surface area contributed by atoms with Gasteiger partial charge in [0.25, 0.3) is 5.91 Å². The van der Waals surface area contributed by atoms with Gasteiger partial charge in [0.15, 0.2) is 5.17 Å². The van der Waals surface area contributed by atoms with E-state index in [-0.39, 0.29) is 18.2 Å². The van der Waals surface area contributed by atoms with E-state index in [1.165, 1.54) is 6.92 Å². The zero-order chi connectivity index (χ0) is 24.4. The molecule has 3 atom stereocenters. The molecule has 0 saturated heterocycles. The number of thioether (sulfide) groups is 1. The molecule has 2 aliphatic rings. The van der Waals surface area contributed by atoms with Gasteiger partial charge in [-0.05, 0) is 37.1 Å². The van der Waals surface area contributed by atoms with Gasteiger partial charge >= 0.3 is 5.97 Å². The number of rotatable bonds is 6. The molecule has 10 heteroatoms. The van der Waals surface area contributed by atoms with E-state index < -0.39 is 29.1 Å². The van der Waals surface area contributed by atoms with E-state index in [1.807, 2.05) is 31.2 Å². The molecule has 2 amide bonds. The van der Waals surface area contributed by atoms with Crippen molar-refractivity contribution < 1.29 is 24.6 Å². The summed E-state index contributed by atoms with van der Waals surface area (Å²) in [7, 11) is 0. The Bertz CT molecular complexity index is 1180. The van der Waals surface area contributed by atoms with E-state index in [0.29, 0.717) is 11.6 Å². The molecule has 3 unspecified atom stereocenters. The number of carboxylic acid groups (broad SMARTS) is 1. The van der Waals surface area contributed by atoms with Crippen LogP contribution in [0.2, 0.25) is 0 Å². The maximum absolute atomic E-state index is 12.6. The fraction of sp³-hybridized carbons (Fsp3) is 0.292. The van der Waals surface area contributed by atoms with Gasteiger partial charge in [-0.2, -0.15) is 10.1 Å². The van der Waals surface area contributed by atoms with Crippen LogP contribution in [0.3, 0.4) is 0 Å². The first-order valence-corrected chi connectivity index (χ1v) is 11.6. The summed E-state index contributed by atoms with van der Waals surface area (Å²) in [4.78, 5) is 39.9. The van der Waals surface area contributed by atoms with Crippen LogP contribution in [0, 0.1) is 6.92 Å². The second-order valence-corrected chi connectivity index (χ2v) is 9.41. The number of amides is 2. The lowest BCUT2D eigenvalue weighted by Gasteiger charge is -2.23. The molecule has 0 radical (unpaired) electrons. The van der Waals surface area contributed by atoms with E-state index in [9.17, 15) is 19.5 Å². The summed E-state index contributed by atoms with van der Waals surface area (Å²) in [5, 5.41) is 27.1. The smallest absolute Gasteiger partial charge is 0.325 e. The van der Waals surface area contributed by atoms with Crippen molar-refractivity contribution in [2.24, 2.45) is 10.1 Å². The van der Waals surface area contributed by atoms with Gasteiger partial charge in [0, 0.05) is 12.8 Å². The molecule has 2 aliphatic heterocycles. The number of hydrogen-bond donors (Lipinski definition) is 3. The molecule has 0 bridgehead atoms. The van der Waals surface area contributed by atoms with Crippen LogP contribution in [0.1, 0.15) is 42.5 Å². The summed E-state index contributed by atoms with van der Waals surface area (Å²) in [6.07, 6.45) is 0.392. The topological polar surface area (TPSA) is 132 Å². The monoisotopic (exact) mass is 480 g/mol. The summed E-state index contributed by atoms with van der Waals surface area (Å²) in [5.41, 5.74) is 3.83. The Labute approximate surface area is 200 Å². The third kappa shape index (κ3) is 5.12. The number of aliphatic imine (C=N–C) groups is 1. The Balaban J connectivity index is 1.56. The van der Waals surface area contributed by atoms with Crippen molar-refractivity contribution in [3.63, 3.8) is 0 Å². The molecule has 3 N–H and O–H groups in total. The van der Waals surface area contributed by atoms with Crippen LogP contribution in [0.15, 0.2) is 58.6 Å². The maximum atomic E-state index is 12.6. The number of hydrazone groups is 1. The average molecular weight is 481 g/mol. The van der Waals surface area contributed by atoms with E-state index in [1.54, 1.807) is 29.3 Å². The number of nitrogens with one attached hydrogen (secondary N) is 1. The quantitative estimate of drug-likeness (QED) is 0.579. The summed E-state index contributed by atoms with van der Waals surface area (Å²) in [5.74, 6) is -1.99. The second kappa shape index (κ2) is 9.68. The fourth-order valence-corrected chi connectivity index (χ4v) is 4.76. The molecule has 2 heterocycles. The van der Waals surface area contributed by atoms with Crippen LogP contribution >= 0.6 is 11.8 Å². The van der Waals surface area contributed by atoms with Crippen LogP contribution in [-0.2, 0) is 14.4 Å². The minimum absolute atomic E-state index is 0.150. The van der Waals surface area contributed by atoms with Gasteiger partial charge in [-0.3, -0.25) is 14.4 Å². The van der Waals surface area contributed by atoms with Crippen LogP contribution in [0.4, 0.5) is 0 Å². The highest BCUT2D eigenvalue weighted by Gasteiger charge is 2.39. The number of carboxylic acids is 1. The Hall–Kier alpha value is -3.66. The third-order valence-corrected chi connectivity index (χ3v) is 6.76. The number of aliphatic carboxylic acids is 1. The Morgan fingerprint density at radius 1 is 1.18 bits per heavy atom. The summed E-state index contributed by atoms with van der Waals surface area (Å²) < 4.78 is 0. The number of aryl methyl sites for hydroxylation is 1. The van der Waals surface area contributed by atoms with E-state index in [2.05, 4.69) is 10.3 Å². The number of amidine groups is 1. The maximum Gasteiger partial charge on any atom is 0.325 e. The molecule has 4 rings (SSSR count). The molecule has 176 valence electrons. The largest absolute Gasteiger partial charge is 0.508 e. The van der Waals surface area contributed by atoms with Gasteiger partial charge in [-0.1, -0.05) is 53.7 Å². The van der Waals surface area contributed by atoms with Crippen LogP contribution in [0.25, 0.3) is 0 Å². The van der Waals surface area contributed by atoms with Gasteiger partial charge in [-0.25, -0.2) is 5.01 Å². The zero-order valence-corrected chi connectivity index (χ0v) is 19.5. The minimum Gasteiger partial charge on any atom is -0.508 e. The number of carbonyl (C=O) groups excluding carboxylic acids is 2. The molecule has 0 fully saturated rings. The van der Waals surface area contributed by atoms with E-state index >= 15 is 0 Å². The van der Waals surface area contributed by atoms with Gasteiger partial charge < -0.3 is 15.5 Å². The van der Waals surface area contributed by atoms with Gasteiger partial charge in [0.2, 0.25) is 5.91 Å². The lowest BCUT2D eigenvalue weighted by atomic mass is 9.98. The Morgan fingerprint density at radius 2 is 1.85 bits per heavy atom. The van der Waals surface area contributed by atoms with Crippen molar-refractivity contribution in [1.29, 1.82) is 0 Å². The number of hydrogen-bond acceptors (Lipinski definition) is 7. The third-order valence-electron chi connectivity index (χ3n) is 5.62. The summed E-state index contributed by atoms with van der Waals surface area (Å²) in [6, 6.07) is 13.5. The first-order chi connectivity index (χ1) is 16.2. The predicted molar refractivity (Wildman–Crippen MR) is 129 cm³/mol. The number of phenols is 1. The van der Waals surface area contributed by atoms with E-state index in [4.69, 9.17) is 10.2 Å². The first kappa shape index (κ1) is 23.5. The van der Waals surface area contributed by atoms with Crippen LogP contribution in [0.5, 0.6) is 5.75 Å². The van der Waals surface area contributed by atoms with Gasteiger partial charge in [0.1, 0.15) is 17.0 Å². The van der Waals surface area contributed by atoms with Crippen LogP contribution < -0.4 is 5.32 Å². The lowest BCUT2D eigenvalue weighted by molar-refractivity contribution is -0.141. The van der Waals surface area contributed by atoms with Crippen molar-refractivity contribution in [1.82, 2.24) is 10.3 Å². The number of aromatic hydroxyl groups is 1. The highest BCUT2D eigenvalue weighted by Crippen LogP contribution is 2.38. The molecule has 0 spiro atoms. The average Bonchev–Trinajstić information content (AvgIpc) is 3.39. The van der Waals surface area contributed by atoms with Crippen molar-refractivity contribution in [3.05, 3.63) is 65.2 Å². The molecular weight excluding hydrogens is 456 g/mol. The summed E-state index contributed by atoms with van der Waals surface area (Å²) >= 11 is 1.14. The Kier molecular flexibility index (Phi) is 6.69. The number of carbonyl (C=O) groups is 3. The normalized spacial score (nSPS) is 20.6. The Morgan fingerprint density at radius 3 is 2.50 bits per heavy atom. The number of benzene rings is 2. The van der Waals surface area contributed by atoms with Gasteiger partial charge in [-0.15, -0.1) is 0 Å². The molecule has 0 saturated carbocycles.